The van der Waals surface area contributed by atoms with Crippen LogP contribution in [0.5, 0.6) is 0 Å². The van der Waals surface area contributed by atoms with Crippen molar-refractivity contribution >= 4 is 0 Å². The molecule has 0 unspecified atom stereocenters. The molecule has 0 radical (unpaired) electrons. The highest BCUT2D eigenvalue weighted by molar-refractivity contribution is 5.19. The van der Waals surface area contributed by atoms with E-state index in [-0.39, 0.29) is 12.8 Å². The summed E-state index contributed by atoms with van der Waals surface area (Å²) >= 11 is 0. The Morgan fingerprint density at radius 2 is 0.553 bits per heavy atom. The van der Waals surface area contributed by atoms with E-state index in [2.05, 4.69) is 0 Å². The van der Waals surface area contributed by atoms with Gasteiger partial charge in [0.1, 0.15) is 0 Å². The first-order valence-electron chi connectivity index (χ1n) is 13.6. The maximum Gasteiger partial charge on any atom is 0.385 e. The first-order valence-corrected chi connectivity index (χ1v) is 13.6. The smallest absolute Gasteiger partial charge is 0.200 e. The van der Waals surface area contributed by atoms with Crippen LogP contribution < -0.4 is 0 Å². The van der Waals surface area contributed by atoms with Crippen LogP contribution >= 0.6 is 0 Å². The van der Waals surface area contributed by atoms with Crippen molar-refractivity contribution in [3.05, 3.63) is 0 Å². The van der Waals surface area contributed by atoms with Crippen LogP contribution in [0.2, 0.25) is 0 Å². The Morgan fingerprint density at radius 3 is 0.830 bits per heavy atom. The third-order valence-electron chi connectivity index (χ3n) is 7.19. The highest BCUT2D eigenvalue weighted by atomic mass is 19.4. The van der Waals surface area contributed by atoms with Gasteiger partial charge in [0.2, 0.25) is 0 Å². The predicted octanol–water partition coefficient (Wildman–Crippen LogP) is 12.6. The molecule has 0 aliphatic carbocycles. The van der Waals surface area contributed by atoms with Gasteiger partial charge in [-0.2, -0.15) is 96.6 Å². The summed E-state index contributed by atoms with van der Waals surface area (Å²) in [6, 6.07) is 0. The minimum atomic E-state index is -9.24. The molecule has 0 spiro atoms. The van der Waals surface area contributed by atoms with E-state index in [0.29, 0.717) is 18.8 Å². The third-order valence-corrected chi connectivity index (χ3v) is 7.19. The molecular formula is C25H30F22. The lowest BCUT2D eigenvalue weighted by molar-refractivity contribution is -0.474. The quantitative estimate of drug-likeness (QED) is 0.0810. The second kappa shape index (κ2) is 14.0. The van der Waals surface area contributed by atoms with E-state index in [0.717, 1.165) is 19.3 Å². The minimum absolute atomic E-state index is 0.0420. The molecule has 0 saturated heterocycles. The Hall–Kier alpha value is -1.54. The maximum atomic E-state index is 14.0. The van der Waals surface area contributed by atoms with E-state index in [9.17, 15) is 96.6 Å². The van der Waals surface area contributed by atoms with Crippen molar-refractivity contribution in [1.82, 2.24) is 0 Å². The predicted molar refractivity (Wildman–Crippen MR) is 121 cm³/mol. The van der Waals surface area contributed by atoms with Gasteiger partial charge in [-0.1, -0.05) is 65.2 Å². The average Bonchev–Trinajstić information content (AvgIpc) is 2.87. The van der Waals surface area contributed by atoms with Crippen molar-refractivity contribution in [2.24, 2.45) is 5.92 Å². The van der Waals surface area contributed by atoms with Crippen LogP contribution in [0.4, 0.5) is 96.6 Å². The van der Waals surface area contributed by atoms with E-state index in [1.54, 1.807) is 0 Å². The summed E-state index contributed by atoms with van der Waals surface area (Å²) in [6.45, 7) is 2.50. The molecule has 22 heteroatoms. The summed E-state index contributed by atoms with van der Waals surface area (Å²) in [4.78, 5) is 0. The molecule has 0 N–H and O–H groups in total. The Kier molecular flexibility index (Phi) is 13.5. The van der Waals surface area contributed by atoms with Gasteiger partial charge in [-0.3, -0.25) is 0 Å². The third kappa shape index (κ3) is 7.64. The van der Waals surface area contributed by atoms with Gasteiger partial charge in [-0.25, -0.2) is 0 Å². The van der Waals surface area contributed by atoms with E-state index in [1.165, 1.54) is 0 Å². The molecule has 0 aliphatic heterocycles. The zero-order valence-electron chi connectivity index (χ0n) is 24.5. The molecule has 0 amide bonds. The fourth-order valence-corrected chi connectivity index (χ4v) is 4.00. The standard InChI is InChI=1S/C25H30F22/c1-14(2)12-10-8-6-4-5-7-9-11-13-16(28,29)18(32,33)20(36,37)22(40,41)24(44,45)25(46,47)23(42,43)21(38,39)19(34,35)17(30,31)15(3,26)27/h14H,4-13H2,1-3H3. The van der Waals surface area contributed by atoms with Gasteiger partial charge < -0.3 is 0 Å². The zero-order chi connectivity index (χ0) is 38.1. The second-order valence-electron chi connectivity index (χ2n) is 11.5. The number of unbranched alkanes of at least 4 members (excludes halogenated alkanes) is 7. The van der Waals surface area contributed by atoms with Crippen LogP contribution in [0, 0.1) is 5.92 Å². The number of hydrogen-bond acceptors (Lipinski definition) is 0. The number of halogens is 22. The Bertz CT molecular complexity index is 991. The first-order chi connectivity index (χ1) is 20.4. The highest BCUT2D eigenvalue weighted by Crippen LogP contribution is 2.67. The molecular weight excluding hydrogens is 718 g/mol. The zero-order valence-corrected chi connectivity index (χ0v) is 24.5. The minimum Gasteiger partial charge on any atom is -0.200 e. The molecule has 0 fully saturated rings. The molecule has 0 aromatic heterocycles. The molecule has 0 saturated carbocycles. The summed E-state index contributed by atoms with van der Waals surface area (Å²) in [5, 5.41) is 0. The molecule has 0 heterocycles. The SMILES string of the molecule is CC(C)CCCCCCCCCCC(F)(F)C(F)(F)C(F)(F)C(F)(F)C(F)(F)C(F)(F)C(F)(F)C(F)(F)C(F)(F)C(F)(F)C(C)(F)F. The summed E-state index contributed by atoms with van der Waals surface area (Å²) in [5.41, 5.74) is 0. The van der Waals surface area contributed by atoms with Gasteiger partial charge in [0.25, 0.3) is 0 Å². The lowest BCUT2D eigenvalue weighted by Gasteiger charge is -2.45. The molecule has 0 aromatic carbocycles. The molecule has 47 heavy (non-hydrogen) atoms. The van der Waals surface area contributed by atoms with E-state index < -0.39 is 91.3 Å². The van der Waals surface area contributed by atoms with Crippen LogP contribution in [0.1, 0.15) is 85.0 Å². The van der Waals surface area contributed by atoms with E-state index in [4.69, 9.17) is 0 Å². The Morgan fingerprint density at radius 1 is 0.319 bits per heavy atom. The number of rotatable bonds is 21. The molecule has 0 aliphatic rings. The topological polar surface area (TPSA) is 0 Å². The fraction of sp³-hybridized carbons (Fsp3) is 1.00. The van der Waals surface area contributed by atoms with E-state index >= 15 is 0 Å². The summed E-state index contributed by atoms with van der Waals surface area (Å²) in [6.07, 6.45) is -0.443. The average molecular weight is 748 g/mol. The van der Waals surface area contributed by atoms with Crippen molar-refractivity contribution < 1.29 is 96.6 Å². The van der Waals surface area contributed by atoms with Gasteiger partial charge in [-0.15, -0.1) is 0 Å². The second-order valence-corrected chi connectivity index (χ2v) is 11.5. The summed E-state index contributed by atoms with van der Waals surface area (Å²) in [5.74, 6) is -91.1. The lowest BCUT2D eigenvalue weighted by Crippen LogP contribution is -2.77. The van der Waals surface area contributed by atoms with Crippen LogP contribution in [0.15, 0.2) is 0 Å². The van der Waals surface area contributed by atoms with Gasteiger partial charge in [-0.05, 0) is 12.3 Å². The van der Waals surface area contributed by atoms with Crippen molar-refractivity contribution in [3.8, 4) is 0 Å². The first kappa shape index (κ1) is 45.5. The van der Waals surface area contributed by atoms with Crippen molar-refractivity contribution in [3.63, 3.8) is 0 Å². The monoisotopic (exact) mass is 748 g/mol. The van der Waals surface area contributed by atoms with Crippen molar-refractivity contribution in [1.29, 1.82) is 0 Å². The van der Waals surface area contributed by atoms with Crippen LogP contribution in [0.25, 0.3) is 0 Å². The van der Waals surface area contributed by atoms with Crippen LogP contribution in [-0.4, -0.2) is 65.1 Å². The number of alkyl halides is 22. The molecule has 0 aromatic rings. The normalized spacial score (nSPS) is 16.0. The molecule has 0 rings (SSSR count). The number of hydrogen-bond donors (Lipinski definition) is 0. The summed E-state index contributed by atoms with van der Waals surface area (Å²) < 4.78 is 301. The fourth-order valence-electron chi connectivity index (χ4n) is 4.00. The van der Waals surface area contributed by atoms with Crippen molar-refractivity contribution in [2.75, 3.05) is 0 Å². The molecule has 284 valence electrons. The lowest BCUT2D eigenvalue weighted by atomic mass is 9.84. The van der Waals surface area contributed by atoms with Crippen molar-refractivity contribution in [2.45, 2.75) is 150 Å². The maximum absolute atomic E-state index is 14.0. The van der Waals surface area contributed by atoms with E-state index in [1.807, 2.05) is 13.8 Å². The van der Waals surface area contributed by atoms with Crippen LogP contribution in [0.3, 0.4) is 0 Å². The summed E-state index contributed by atoms with van der Waals surface area (Å²) in [7, 11) is 0. The van der Waals surface area contributed by atoms with Gasteiger partial charge in [0.15, 0.2) is 0 Å². The van der Waals surface area contributed by atoms with Gasteiger partial charge in [0, 0.05) is 13.3 Å². The Balaban J connectivity index is 6.20. The van der Waals surface area contributed by atoms with Gasteiger partial charge in [0.05, 0.1) is 0 Å². The largest absolute Gasteiger partial charge is 0.385 e. The molecule has 0 nitrogen and oxygen atoms in total. The molecule has 0 atom stereocenters. The van der Waals surface area contributed by atoms with Crippen LogP contribution in [-0.2, 0) is 0 Å². The molecule has 0 bridgehead atoms. The Labute approximate surface area is 253 Å². The highest BCUT2D eigenvalue weighted by Gasteiger charge is 2.98. The van der Waals surface area contributed by atoms with Gasteiger partial charge >= 0.3 is 65.1 Å².